The highest BCUT2D eigenvalue weighted by Gasteiger charge is 2.06. The van der Waals surface area contributed by atoms with Gasteiger partial charge in [0.05, 0.1) is 6.54 Å². The molecule has 1 amide bonds. The second kappa shape index (κ2) is 6.44. The summed E-state index contributed by atoms with van der Waals surface area (Å²) in [6.45, 7) is 8.37. The van der Waals surface area contributed by atoms with E-state index in [-0.39, 0.29) is 12.5 Å². The molecule has 2 aromatic carbocycles. The number of anilines is 2. The Balaban J connectivity index is 1.97. The Morgan fingerprint density at radius 1 is 0.857 bits per heavy atom. The molecule has 2 aromatic rings. The van der Waals surface area contributed by atoms with E-state index in [9.17, 15) is 4.79 Å². The van der Waals surface area contributed by atoms with Crippen LogP contribution in [0.15, 0.2) is 36.4 Å². The zero-order chi connectivity index (χ0) is 15.4. The number of nitrogens with one attached hydrogen (secondary N) is 2. The number of hydrogen-bond donors (Lipinski definition) is 2. The Labute approximate surface area is 126 Å². The molecule has 0 spiro atoms. The first kappa shape index (κ1) is 15.1. The van der Waals surface area contributed by atoms with Gasteiger partial charge in [-0.15, -0.1) is 0 Å². The van der Waals surface area contributed by atoms with Gasteiger partial charge in [-0.2, -0.15) is 0 Å². The van der Waals surface area contributed by atoms with Crippen molar-refractivity contribution in [2.75, 3.05) is 17.2 Å². The first-order valence-corrected chi connectivity index (χ1v) is 7.14. The van der Waals surface area contributed by atoms with Crippen molar-refractivity contribution in [2.45, 2.75) is 27.7 Å². The largest absolute Gasteiger partial charge is 0.376 e. The molecule has 3 heteroatoms. The Morgan fingerprint density at radius 3 is 2.24 bits per heavy atom. The molecule has 0 bridgehead atoms. The molecular formula is C18H22N2O. The summed E-state index contributed by atoms with van der Waals surface area (Å²) in [5, 5.41) is 6.13. The highest BCUT2D eigenvalue weighted by Crippen LogP contribution is 2.17. The number of benzene rings is 2. The van der Waals surface area contributed by atoms with Crippen LogP contribution in [-0.2, 0) is 4.79 Å². The van der Waals surface area contributed by atoms with E-state index >= 15 is 0 Å². The van der Waals surface area contributed by atoms with Crippen LogP contribution in [0.1, 0.15) is 22.3 Å². The van der Waals surface area contributed by atoms with Crippen molar-refractivity contribution in [3.8, 4) is 0 Å². The van der Waals surface area contributed by atoms with Crippen LogP contribution in [0.5, 0.6) is 0 Å². The minimum Gasteiger partial charge on any atom is -0.376 e. The van der Waals surface area contributed by atoms with Gasteiger partial charge in [0.15, 0.2) is 0 Å². The van der Waals surface area contributed by atoms with Crippen LogP contribution in [0.3, 0.4) is 0 Å². The second-order valence-electron chi connectivity index (χ2n) is 5.54. The maximum absolute atomic E-state index is 12.1. The molecule has 0 saturated heterocycles. The Bertz CT molecular complexity index is 662. The first-order chi connectivity index (χ1) is 9.95. The lowest BCUT2D eigenvalue weighted by Crippen LogP contribution is -2.22. The van der Waals surface area contributed by atoms with E-state index in [0.717, 1.165) is 28.1 Å². The van der Waals surface area contributed by atoms with Crippen molar-refractivity contribution in [2.24, 2.45) is 0 Å². The Hall–Kier alpha value is -2.29. The standard InChI is InChI=1S/C18H22N2O/c1-12-6-8-16(15(4)9-12)19-11-18(21)20-17-10-13(2)5-7-14(17)3/h5-10,19H,11H2,1-4H3,(H,20,21). The monoisotopic (exact) mass is 282 g/mol. The highest BCUT2D eigenvalue weighted by molar-refractivity contribution is 5.94. The number of hydrogen-bond acceptors (Lipinski definition) is 2. The predicted octanol–water partition coefficient (Wildman–Crippen LogP) is 3.97. The second-order valence-corrected chi connectivity index (χ2v) is 5.54. The molecule has 0 aliphatic rings. The molecule has 0 atom stereocenters. The zero-order valence-electron chi connectivity index (χ0n) is 13.1. The molecule has 2 rings (SSSR count). The molecule has 0 fully saturated rings. The topological polar surface area (TPSA) is 41.1 Å². The summed E-state index contributed by atoms with van der Waals surface area (Å²) in [4.78, 5) is 12.1. The summed E-state index contributed by atoms with van der Waals surface area (Å²) in [6.07, 6.45) is 0. The molecule has 3 nitrogen and oxygen atoms in total. The van der Waals surface area contributed by atoms with E-state index < -0.39 is 0 Å². The van der Waals surface area contributed by atoms with Gasteiger partial charge in [0.2, 0.25) is 5.91 Å². The maximum Gasteiger partial charge on any atom is 0.243 e. The van der Waals surface area contributed by atoms with Gasteiger partial charge < -0.3 is 10.6 Å². The molecule has 2 N–H and O–H groups in total. The summed E-state index contributed by atoms with van der Waals surface area (Å²) in [6, 6.07) is 12.2. The summed E-state index contributed by atoms with van der Waals surface area (Å²) in [5.41, 5.74) is 6.45. The molecule has 0 unspecified atom stereocenters. The number of carbonyl (C=O) groups is 1. The number of carbonyl (C=O) groups excluding carboxylic acids is 1. The van der Waals surface area contributed by atoms with Crippen LogP contribution in [0.2, 0.25) is 0 Å². The molecule has 0 aliphatic heterocycles. The summed E-state index contributed by atoms with van der Waals surface area (Å²) in [5.74, 6) is -0.0383. The van der Waals surface area contributed by atoms with Gasteiger partial charge in [-0.1, -0.05) is 29.8 Å². The van der Waals surface area contributed by atoms with Gasteiger partial charge in [-0.3, -0.25) is 4.79 Å². The highest BCUT2D eigenvalue weighted by atomic mass is 16.1. The first-order valence-electron chi connectivity index (χ1n) is 7.14. The van der Waals surface area contributed by atoms with E-state index in [0.29, 0.717) is 0 Å². The number of rotatable bonds is 4. The molecule has 110 valence electrons. The lowest BCUT2D eigenvalue weighted by Gasteiger charge is -2.12. The third kappa shape index (κ3) is 4.09. The third-order valence-electron chi connectivity index (χ3n) is 3.49. The molecular weight excluding hydrogens is 260 g/mol. The van der Waals surface area contributed by atoms with E-state index in [1.165, 1.54) is 5.56 Å². The average molecular weight is 282 g/mol. The van der Waals surface area contributed by atoms with Crippen molar-refractivity contribution in [1.82, 2.24) is 0 Å². The lowest BCUT2D eigenvalue weighted by atomic mass is 10.1. The van der Waals surface area contributed by atoms with Crippen molar-refractivity contribution >= 4 is 17.3 Å². The van der Waals surface area contributed by atoms with Crippen LogP contribution in [0.4, 0.5) is 11.4 Å². The van der Waals surface area contributed by atoms with Crippen molar-refractivity contribution in [3.05, 3.63) is 58.7 Å². The fourth-order valence-electron chi connectivity index (χ4n) is 2.25. The van der Waals surface area contributed by atoms with Gasteiger partial charge >= 0.3 is 0 Å². The predicted molar refractivity (Wildman–Crippen MR) is 89.0 cm³/mol. The Morgan fingerprint density at radius 2 is 1.52 bits per heavy atom. The van der Waals surface area contributed by atoms with Crippen molar-refractivity contribution in [3.63, 3.8) is 0 Å². The van der Waals surface area contributed by atoms with E-state index in [2.05, 4.69) is 23.6 Å². The van der Waals surface area contributed by atoms with Crippen LogP contribution < -0.4 is 10.6 Å². The van der Waals surface area contributed by atoms with Gasteiger partial charge in [0.25, 0.3) is 0 Å². The third-order valence-corrected chi connectivity index (χ3v) is 3.49. The quantitative estimate of drug-likeness (QED) is 0.891. The van der Waals surface area contributed by atoms with Crippen LogP contribution in [-0.4, -0.2) is 12.5 Å². The number of amides is 1. The van der Waals surface area contributed by atoms with Gasteiger partial charge in [-0.25, -0.2) is 0 Å². The van der Waals surface area contributed by atoms with Crippen LogP contribution in [0, 0.1) is 27.7 Å². The minimum absolute atomic E-state index is 0.0383. The molecule has 0 radical (unpaired) electrons. The zero-order valence-corrected chi connectivity index (χ0v) is 13.1. The minimum atomic E-state index is -0.0383. The fourth-order valence-corrected chi connectivity index (χ4v) is 2.25. The Kier molecular flexibility index (Phi) is 4.63. The SMILES string of the molecule is Cc1ccc(NCC(=O)Nc2cc(C)ccc2C)c(C)c1. The van der Waals surface area contributed by atoms with E-state index in [4.69, 9.17) is 0 Å². The van der Waals surface area contributed by atoms with E-state index in [1.807, 2.05) is 51.1 Å². The van der Waals surface area contributed by atoms with Gasteiger partial charge in [0, 0.05) is 11.4 Å². The molecule has 0 heterocycles. The van der Waals surface area contributed by atoms with E-state index in [1.54, 1.807) is 0 Å². The van der Waals surface area contributed by atoms with Gasteiger partial charge in [0.1, 0.15) is 0 Å². The van der Waals surface area contributed by atoms with Crippen LogP contribution >= 0.6 is 0 Å². The lowest BCUT2D eigenvalue weighted by molar-refractivity contribution is -0.114. The van der Waals surface area contributed by atoms with Gasteiger partial charge in [-0.05, 0) is 56.5 Å². The fraction of sp³-hybridized carbons (Fsp3) is 0.278. The molecule has 0 aromatic heterocycles. The molecule has 21 heavy (non-hydrogen) atoms. The number of aryl methyl sites for hydroxylation is 4. The summed E-state index contributed by atoms with van der Waals surface area (Å²) in [7, 11) is 0. The smallest absolute Gasteiger partial charge is 0.243 e. The molecule has 0 saturated carbocycles. The molecule has 0 aliphatic carbocycles. The van der Waals surface area contributed by atoms with Crippen LogP contribution in [0.25, 0.3) is 0 Å². The maximum atomic E-state index is 12.1. The van der Waals surface area contributed by atoms with Crippen molar-refractivity contribution < 1.29 is 4.79 Å². The summed E-state index contributed by atoms with van der Waals surface area (Å²) >= 11 is 0. The average Bonchev–Trinajstić information content (AvgIpc) is 2.42. The summed E-state index contributed by atoms with van der Waals surface area (Å²) < 4.78 is 0. The van der Waals surface area contributed by atoms with Crippen molar-refractivity contribution in [1.29, 1.82) is 0 Å². The normalized spacial score (nSPS) is 10.3.